The first kappa shape index (κ1) is 16.4. The zero-order valence-electron chi connectivity index (χ0n) is 12.3. The topological polar surface area (TPSA) is 55.6 Å². The Morgan fingerprint density at radius 1 is 1.45 bits per heavy atom. The number of ether oxygens (including phenoxy) is 1. The van der Waals surface area contributed by atoms with Crippen LogP contribution in [0.2, 0.25) is 0 Å². The second kappa shape index (κ2) is 7.85. The molecule has 0 saturated heterocycles. The van der Waals surface area contributed by atoms with Gasteiger partial charge in [0, 0.05) is 6.04 Å². The molecule has 0 radical (unpaired) electrons. The van der Waals surface area contributed by atoms with E-state index in [1.54, 1.807) is 4.90 Å². The van der Waals surface area contributed by atoms with Gasteiger partial charge in [0.25, 0.3) is 0 Å². The monoisotopic (exact) mass is 294 g/mol. The van der Waals surface area contributed by atoms with Crippen molar-refractivity contribution in [2.75, 3.05) is 13.2 Å². The summed E-state index contributed by atoms with van der Waals surface area (Å²) in [4.78, 5) is 14.1. The van der Waals surface area contributed by atoms with Crippen molar-refractivity contribution in [3.05, 3.63) is 29.8 Å². The van der Waals surface area contributed by atoms with Crippen molar-refractivity contribution in [2.24, 2.45) is 5.73 Å². The molecule has 0 saturated carbocycles. The zero-order valence-corrected chi connectivity index (χ0v) is 13.1. The van der Waals surface area contributed by atoms with Gasteiger partial charge in [-0.3, -0.25) is 4.79 Å². The molecule has 20 heavy (non-hydrogen) atoms. The van der Waals surface area contributed by atoms with Gasteiger partial charge in [0.05, 0.1) is 24.6 Å². The van der Waals surface area contributed by atoms with Crippen LogP contribution in [0, 0.1) is 6.92 Å². The number of benzene rings is 1. The lowest BCUT2D eigenvalue weighted by Gasteiger charge is -2.26. The first-order valence-corrected chi connectivity index (χ1v) is 7.08. The Morgan fingerprint density at radius 3 is 2.70 bits per heavy atom. The predicted octanol–water partition coefficient (Wildman–Crippen LogP) is 2.29. The second-order valence-corrected chi connectivity index (χ2v) is 5.52. The number of carbonyl (C=O) groups excluding carboxylic acids is 1. The van der Waals surface area contributed by atoms with Gasteiger partial charge in [-0.1, -0.05) is 24.4 Å². The Balaban J connectivity index is 2.47. The summed E-state index contributed by atoms with van der Waals surface area (Å²) in [7, 11) is 0. The van der Waals surface area contributed by atoms with Crippen LogP contribution in [-0.4, -0.2) is 35.0 Å². The van der Waals surface area contributed by atoms with E-state index < -0.39 is 0 Å². The van der Waals surface area contributed by atoms with E-state index in [0.717, 1.165) is 11.3 Å². The molecule has 0 atom stereocenters. The standard InChI is InChI=1S/C15H22N2O2S/c1-11(2)17(10-14(16)20)15(18)7-8-19-13-6-4-5-12(3)9-13/h4-6,9,11H,7-8,10H2,1-3H3,(H2,16,20). The predicted molar refractivity (Wildman–Crippen MR) is 84.9 cm³/mol. The maximum absolute atomic E-state index is 12.1. The average molecular weight is 294 g/mol. The summed E-state index contributed by atoms with van der Waals surface area (Å²) in [6, 6.07) is 7.83. The van der Waals surface area contributed by atoms with Crippen LogP contribution in [0.25, 0.3) is 0 Å². The van der Waals surface area contributed by atoms with Crippen LogP contribution in [0.1, 0.15) is 25.8 Å². The molecular formula is C15H22N2O2S. The fourth-order valence-corrected chi connectivity index (χ4v) is 1.97. The molecule has 4 nitrogen and oxygen atoms in total. The van der Waals surface area contributed by atoms with Gasteiger partial charge in [-0.05, 0) is 38.5 Å². The molecule has 0 fully saturated rings. The molecule has 5 heteroatoms. The zero-order chi connectivity index (χ0) is 15.1. The van der Waals surface area contributed by atoms with Gasteiger partial charge in [0.15, 0.2) is 0 Å². The lowest BCUT2D eigenvalue weighted by Crippen LogP contribution is -2.42. The third-order valence-electron chi connectivity index (χ3n) is 2.84. The molecule has 0 aromatic heterocycles. The van der Waals surface area contributed by atoms with Gasteiger partial charge in [-0.15, -0.1) is 0 Å². The Bertz CT molecular complexity index is 475. The van der Waals surface area contributed by atoms with Crippen LogP contribution < -0.4 is 10.5 Å². The molecule has 1 aromatic rings. The second-order valence-electron chi connectivity index (χ2n) is 5.00. The minimum atomic E-state index is 0.000420. The van der Waals surface area contributed by atoms with Gasteiger partial charge in [-0.2, -0.15) is 0 Å². The summed E-state index contributed by atoms with van der Waals surface area (Å²) >= 11 is 4.87. The number of nitrogens with two attached hydrogens (primary N) is 1. The maximum Gasteiger partial charge on any atom is 0.226 e. The van der Waals surface area contributed by atoms with Crippen molar-refractivity contribution in [2.45, 2.75) is 33.2 Å². The summed E-state index contributed by atoms with van der Waals surface area (Å²) < 4.78 is 5.58. The molecule has 0 spiro atoms. The van der Waals surface area contributed by atoms with Crippen LogP contribution in [0.15, 0.2) is 24.3 Å². The fourth-order valence-electron chi connectivity index (χ4n) is 1.83. The van der Waals surface area contributed by atoms with Crippen LogP contribution in [0.3, 0.4) is 0 Å². The first-order valence-electron chi connectivity index (χ1n) is 6.67. The molecule has 0 aliphatic heterocycles. The molecule has 1 amide bonds. The van der Waals surface area contributed by atoms with E-state index in [9.17, 15) is 4.79 Å². The molecule has 0 heterocycles. The molecule has 0 aliphatic carbocycles. The molecule has 0 aliphatic rings. The summed E-state index contributed by atoms with van der Waals surface area (Å²) in [5.74, 6) is 0.781. The SMILES string of the molecule is Cc1cccc(OCCC(=O)N(CC(N)=S)C(C)C)c1. The van der Waals surface area contributed by atoms with Crippen molar-refractivity contribution in [1.82, 2.24) is 4.90 Å². The molecule has 0 bridgehead atoms. The fraction of sp³-hybridized carbons (Fsp3) is 0.467. The van der Waals surface area contributed by atoms with Gasteiger partial charge < -0.3 is 15.4 Å². The Kier molecular flexibility index (Phi) is 6.45. The normalized spacial score (nSPS) is 10.4. The van der Waals surface area contributed by atoms with E-state index >= 15 is 0 Å². The quantitative estimate of drug-likeness (QED) is 0.784. The van der Waals surface area contributed by atoms with E-state index in [-0.39, 0.29) is 11.9 Å². The minimum absolute atomic E-state index is 0.000420. The first-order chi connectivity index (χ1) is 9.40. The number of amides is 1. The average Bonchev–Trinajstić information content (AvgIpc) is 2.35. The number of carbonyl (C=O) groups is 1. The number of aryl methyl sites for hydroxylation is 1. The molecular weight excluding hydrogens is 272 g/mol. The Morgan fingerprint density at radius 2 is 2.15 bits per heavy atom. The number of thiocarbonyl (C=S) groups is 1. The van der Waals surface area contributed by atoms with E-state index in [1.165, 1.54) is 0 Å². The van der Waals surface area contributed by atoms with Crippen molar-refractivity contribution >= 4 is 23.1 Å². The number of hydrogen-bond donors (Lipinski definition) is 1. The molecule has 110 valence electrons. The largest absolute Gasteiger partial charge is 0.493 e. The highest BCUT2D eigenvalue weighted by Gasteiger charge is 2.17. The molecule has 1 rings (SSSR count). The molecule has 1 aromatic carbocycles. The summed E-state index contributed by atoms with van der Waals surface area (Å²) in [6.07, 6.45) is 0.314. The van der Waals surface area contributed by atoms with E-state index in [2.05, 4.69) is 0 Å². The number of hydrogen-bond acceptors (Lipinski definition) is 3. The van der Waals surface area contributed by atoms with Crippen molar-refractivity contribution in [3.63, 3.8) is 0 Å². The van der Waals surface area contributed by atoms with E-state index in [1.807, 2.05) is 45.0 Å². The minimum Gasteiger partial charge on any atom is -0.493 e. The lowest BCUT2D eigenvalue weighted by molar-refractivity contribution is -0.132. The third kappa shape index (κ3) is 5.57. The number of rotatable bonds is 7. The molecule has 0 unspecified atom stereocenters. The number of nitrogens with zero attached hydrogens (tertiary/aromatic N) is 1. The van der Waals surface area contributed by atoms with Crippen LogP contribution in [0.4, 0.5) is 0 Å². The van der Waals surface area contributed by atoms with Gasteiger partial charge in [0.1, 0.15) is 5.75 Å². The lowest BCUT2D eigenvalue weighted by atomic mass is 10.2. The smallest absolute Gasteiger partial charge is 0.226 e. The van der Waals surface area contributed by atoms with Crippen LogP contribution in [0.5, 0.6) is 5.75 Å². The van der Waals surface area contributed by atoms with E-state index in [0.29, 0.717) is 24.6 Å². The third-order valence-corrected chi connectivity index (χ3v) is 2.97. The van der Waals surface area contributed by atoms with Crippen molar-refractivity contribution in [1.29, 1.82) is 0 Å². The van der Waals surface area contributed by atoms with Gasteiger partial charge in [-0.25, -0.2) is 0 Å². The van der Waals surface area contributed by atoms with E-state index in [4.69, 9.17) is 22.7 Å². The Labute approximate surface area is 125 Å². The van der Waals surface area contributed by atoms with Crippen molar-refractivity contribution in [3.8, 4) is 5.75 Å². The molecule has 2 N–H and O–H groups in total. The van der Waals surface area contributed by atoms with Gasteiger partial charge in [0.2, 0.25) is 5.91 Å². The van der Waals surface area contributed by atoms with Crippen LogP contribution in [-0.2, 0) is 4.79 Å². The highest BCUT2D eigenvalue weighted by molar-refractivity contribution is 7.80. The maximum atomic E-state index is 12.1. The summed E-state index contributed by atoms with van der Waals surface area (Å²) in [5.41, 5.74) is 6.64. The van der Waals surface area contributed by atoms with Crippen molar-refractivity contribution < 1.29 is 9.53 Å². The van der Waals surface area contributed by atoms with Crippen LogP contribution >= 0.6 is 12.2 Å². The highest BCUT2D eigenvalue weighted by atomic mass is 32.1. The van der Waals surface area contributed by atoms with Gasteiger partial charge >= 0.3 is 0 Å². The summed E-state index contributed by atoms with van der Waals surface area (Å²) in [5, 5.41) is 0. The highest BCUT2D eigenvalue weighted by Crippen LogP contribution is 2.12. The Hall–Kier alpha value is -1.62. The summed E-state index contributed by atoms with van der Waals surface area (Å²) in [6.45, 7) is 6.55.